The minimum absolute atomic E-state index is 0.00289. The molecular formula is C14H20O2. The molecule has 2 unspecified atom stereocenters. The van der Waals surface area contributed by atoms with Gasteiger partial charge in [-0.1, -0.05) is 37.6 Å². The van der Waals surface area contributed by atoms with Crippen molar-refractivity contribution in [3.8, 4) is 0 Å². The van der Waals surface area contributed by atoms with Crippen LogP contribution in [0.1, 0.15) is 43.4 Å². The zero-order valence-electron chi connectivity index (χ0n) is 9.86. The van der Waals surface area contributed by atoms with Gasteiger partial charge in [0, 0.05) is 6.61 Å². The molecule has 0 aromatic heterocycles. The van der Waals surface area contributed by atoms with E-state index in [2.05, 4.69) is 19.1 Å². The van der Waals surface area contributed by atoms with Gasteiger partial charge >= 0.3 is 0 Å². The Balaban J connectivity index is 2.09. The lowest BCUT2D eigenvalue weighted by atomic mass is 9.99. The lowest BCUT2D eigenvalue weighted by Crippen LogP contribution is -2.17. The molecule has 1 N–H and O–H groups in total. The fourth-order valence-corrected chi connectivity index (χ4v) is 2.29. The number of rotatable bonds is 4. The van der Waals surface area contributed by atoms with Crippen LogP contribution < -0.4 is 0 Å². The van der Waals surface area contributed by atoms with E-state index in [-0.39, 0.29) is 6.10 Å². The molecule has 2 atom stereocenters. The molecule has 1 saturated heterocycles. The smallest absolute Gasteiger partial charge is 0.105 e. The Bertz CT molecular complexity index is 329. The molecule has 1 fully saturated rings. The maximum atomic E-state index is 10.2. The van der Waals surface area contributed by atoms with Gasteiger partial charge in [0.05, 0.1) is 6.10 Å². The maximum Gasteiger partial charge on any atom is 0.105 e. The van der Waals surface area contributed by atoms with Crippen LogP contribution in [0.4, 0.5) is 0 Å². The predicted molar refractivity (Wildman–Crippen MR) is 64.4 cm³/mol. The van der Waals surface area contributed by atoms with Gasteiger partial charge in [0.2, 0.25) is 0 Å². The summed E-state index contributed by atoms with van der Waals surface area (Å²) >= 11 is 0. The van der Waals surface area contributed by atoms with Gasteiger partial charge in [-0.3, -0.25) is 0 Å². The fraction of sp³-hybridized carbons (Fsp3) is 0.571. The molecule has 88 valence electrons. The van der Waals surface area contributed by atoms with Gasteiger partial charge in [-0.2, -0.15) is 0 Å². The minimum Gasteiger partial charge on any atom is -0.386 e. The molecule has 1 aromatic carbocycles. The van der Waals surface area contributed by atoms with E-state index in [9.17, 15) is 5.11 Å². The standard InChI is InChI=1S/C14H20O2/c1-2-5-11-6-3-7-12(10-11)14(15)13-8-4-9-16-13/h3,6-7,10,13-15H,2,4-5,8-9H2,1H3. The summed E-state index contributed by atoms with van der Waals surface area (Å²) < 4.78 is 5.52. The molecule has 1 aliphatic heterocycles. The van der Waals surface area contributed by atoms with Crippen LogP contribution in [0, 0.1) is 0 Å². The van der Waals surface area contributed by atoms with Crippen molar-refractivity contribution in [1.29, 1.82) is 0 Å². The third-order valence-corrected chi connectivity index (χ3v) is 3.15. The Morgan fingerprint density at radius 3 is 3.06 bits per heavy atom. The van der Waals surface area contributed by atoms with Crippen molar-refractivity contribution in [2.75, 3.05) is 6.61 Å². The van der Waals surface area contributed by atoms with Crippen LogP contribution in [-0.4, -0.2) is 17.8 Å². The van der Waals surface area contributed by atoms with E-state index in [1.54, 1.807) is 0 Å². The van der Waals surface area contributed by atoms with Gasteiger partial charge in [0.15, 0.2) is 0 Å². The minimum atomic E-state index is -0.459. The quantitative estimate of drug-likeness (QED) is 0.845. The zero-order valence-corrected chi connectivity index (χ0v) is 9.86. The zero-order chi connectivity index (χ0) is 11.4. The number of aliphatic hydroxyl groups excluding tert-OH is 1. The molecule has 2 heteroatoms. The summed E-state index contributed by atoms with van der Waals surface area (Å²) in [7, 11) is 0. The molecular weight excluding hydrogens is 200 g/mol. The topological polar surface area (TPSA) is 29.5 Å². The van der Waals surface area contributed by atoms with E-state index in [1.807, 2.05) is 12.1 Å². The van der Waals surface area contributed by atoms with Gasteiger partial charge in [0.25, 0.3) is 0 Å². The van der Waals surface area contributed by atoms with E-state index in [4.69, 9.17) is 4.74 Å². The number of hydrogen-bond acceptors (Lipinski definition) is 2. The van der Waals surface area contributed by atoms with E-state index in [1.165, 1.54) is 5.56 Å². The van der Waals surface area contributed by atoms with Gasteiger partial charge < -0.3 is 9.84 Å². The van der Waals surface area contributed by atoms with Crippen molar-refractivity contribution >= 4 is 0 Å². The predicted octanol–water partition coefficient (Wildman–Crippen LogP) is 2.85. The van der Waals surface area contributed by atoms with E-state index in [0.717, 1.165) is 37.9 Å². The summed E-state index contributed by atoms with van der Waals surface area (Å²) in [4.78, 5) is 0. The van der Waals surface area contributed by atoms with Gasteiger partial charge in [-0.25, -0.2) is 0 Å². The van der Waals surface area contributed by atoms with E-state index >= 15 is 0 Å². The van der Waals surface area contributed by atoms with Crippen molar-refractivity contribution < 1.29 is 9.84 Å². The summed E-state index contributed by atoms with van der Waals surface area (Å²) in [6.07, 6.45) is 3.79. The van der Waals surface area contributed by atoms with Crippen molar-refractivity contribution in [2.24, 2.45) is 0 Å². The molecule has 1 aromatic rings. The van der Waals surface area contributed by atoms with Gasteiger partial charge in [-0.15, -0.1) is 0 Å². The molecule has 0 saturated carbocycles. The average molecular weight is 220 g/mol. The largest absolute Gasteiger partial charge is 0.386 e. The van der Waals surface area contributed by atoms with Crippen LogP contribution in [0.5, 0.6) is 0 Å². The van der Waals surface area contributed by atoms with Gasteiger partial charge in [-0.05, 0) is 30.4 Å². The van der Waals surface area contributed by atoms with Crippen molar-refractivity contribution in [3.63, 3.8) is 0 Å². The van der Waals surface area contributed by atoms with Crippen molar-refractivity contribution in [2.45, 2.75) is 44.8 Å². The number of benzene rings is 1. The monoisotopic (exact) mass is 220 g/mol. The first-order valence-corrected chi connectivity index (χ1v) is 6.19. The Kier molecular flexibility index (Phi) is 3.97. The number of aliphatic hydroxyl groups is 1. The maximum absolute atomic E-state index is 10.2. The highest BCUT2D eigenvalue weighted by atomic mass is 16.5. The average Bonchev–Trinajstić information content (AvgIpc) is 2.82. The third kappa shape index (κ3) is 2.63. The Morgan fingerprint density at radius 2 is 2.38 bits per heavy atom. The second-order valence-corrected chi connectivity index (χ2v) is 4.49. The molecule has 0 amide bonds. The highest BCUT2D eigenvalue weighted by molar-refractivity contribution is 5.26. The van der Waals surface area contributed by atoms with E-state index in [0.29, 0.717) is 0 Å². The fourth-order valence-electron chi connectivity index (χ4n) is 2.29. The number of ether oxygens (including phenoxy) is 1. The summed E-state index contributed by atoms with van der Waals surface area (Å²) in [5.41, 5.74) is 2.30. The molecule has 2 rings (SSSR count). The lowest BCUT2D eigenvalue weighted by Gasteiger charge is -2.18. The van der Waals surface area contributed by atoms with Crippen LogP contribution in [0.3, 0.4) is 0 Å². The first kappa shape index (κ1) is 11.6. The SMILES string of the molecule is CCCc1cccc(C(O)C2CCCO2)c1. The number of hydrogen-bond donors (Lipinski definition) is 1. The Morgan fingerprint density at radius 1 is 1.50 bits per heavy atom. The summed E-state index contributed by atoms with van der Waals surface area (Å²) in [5.74, 6) is 0. The number of aryl methyl sites for hydroxylation is 1. The van der Waals surface area contributed by atoms with Crippen LogP contribution in [-0.2, 0) is 11.2 Å². The first-order chi connectivity index (χ1) is 7.81. The lowest BCUT2D eigenvalue weighted by molar-refractivity contribution is -0.00261. The summed E-state index contributed by atoms with van der Waals surface area (Å²) in [6.45, 7) is 2.96. The van der Waals surface area contributed by atoms with Crippen LogP contribution in [0.2, 0.25) is 0 Å². The molecule has 0 bridgehead atoms. The van der Waals surface area contributed by atoms with Crippen LogP contribution >= 0.6 is 0 Å². The molecule has 1 aliphatic rings. The normalized spacial score (nSPS) is 22.2. The summed E-state index contributed by atoms with van der Waals surface area (Å²) in [5, 5.41) is 10.2. The molecule has 2 nitrogen and oxygen atoms in total. The molecule has 0 spiro atoms. The third-order valence-electron chi connectivity index (χ3n) is 3.15. The van der Waals surface area contributed by atoms with Crippen LogP contribution in [0.15, 0.2) is 24.3 Å². The van der Waals surface area contributed by atoms with Crippen molar-refractivity contribution in [3.05, 3.63) is 35.4 Å². The Labute approximate surface area is 97.3 Å². The van der Waals surface area contributed by atoms with Crippen molar-refractivity contribution in [1.82, 2.24) is 0 Å². The second kappa shape index (κ2) is 5.46. The van der Waals surface area contributed by atoms with E-state index < -0.39 is 6.10 Å². The molecule has 0 radical (unpaired) electrons. The summed E-state index contributed by atoms with van der Waals surface area (Å²) in [6, 6.07) is 8.25. The van der Waals surface area contributed by atoms with Gasteiger partial charge in [0.1, 0.15) is 6.10 Å². The molecule has 1 heterocycles. The highest BCUT2D eigenvalue weighted by Crippen LogP contribution is 2.27. The highest BCUT2D eigenvalue weighted by Gasteiger charge is 2.25. The first-order valence-electron chi connectivity index (χ1n) is 6.19. The molecule has 0 aliphatic carbocycles. The second-order valence-electron chi connectivity index (χ2n) is 4.49. The van der Waals surface area contributed by atoms with Crippen LogP contribution in [0.25, 0.3) is 0 Å². The Hall–Kier alpha value is -0.860. The molecule has 16 heavy (non-hydrogen) atoms.